The summed E-state index contributed by atoms with van der Waals surface area (Å²) in [6, 6.07) is 12.2. The Morgan fingerprint density at radius 2 is 1.78 bits per heavy atom. The van der Waals surface area contributed by atoms with Gasteiger partial charge in [-0.2, -0.15) is 0 Å². The summed E-state index contributed by atoms with van der Waals surface area (Å²) in [5.41, 5.74) is 3.43. The molecule has 2 aromatic carbocycles. The number of halogens is 1. The van der Waals surface area contributed by atoms with Gasteiger partial charge in [-0.3, -0.25) is 9.59 Å². The van der Waals surface area contributed by atoms with E-state index in [-0.39, 0.29) is 18.2 Å². The van der Waals surface area contributed by atoms with Crippen molar-refractivity contribution in [2.45, 2.75) is 26.3 Å². The largest absolute Gasteiger partial charge is 0.373 e. The van der Waals surface area contributed by atoms with E-state index in [9.17, 15) is 9.59 Å². The van der Waals surface area contributed by atoms with E-state index in [0.717, 1.165) is 16.8 Å². The standard InChI is InChI=1S/C18H17ClN2O2/c1-11-4-3-5-16(12(11)2)21-17(22)10-15(18(21)23)20-14-8-6-13(19)7-9-14/h3-9,15,20H,10H2,1-2H3. The summed E-state index contributed by atoms with van der Waals surface area (Å²) in [4.78, 5) is 26.3. The third kappa shape index (κ3) is 2.94. The molecule has 1 aliphatic heterocycles. The highest BCUT2D eigenvalue weighted by atomic mass is 35.5. The summed E-state index contributed by atoms with van der Waals surface area (Å²) >= 11 is 5.86. The Balaban J connectivity index is 1.85. The summed E-state index contributed by atoms with van der Waals surface area (Å²) in [5.74, 6) is -0.409. The number of hydrogen-bond donors (Lipinski definition) is 1. The molecular formula is C18H17ClN2O2. The molecule has 118 valence electrons. The molecule has 1 N–H and O–H groups in total. The molecule has 3 rings (SSSR count). The normalized spacial score (nSPS) is 17.7. The van der Waals surface area contributed by atoms with Crippen LogP contribution in [0.4, 0.5) is 11.4 Å². The number of nitrogens with zero attached hydrogens (tertiary/aromatic N) is 1. The van der Waals surface area contributed by atoms with E-state index in [4.69, 9.17) is 11.6 Å². The topological polar surface area (TPSA) is 49.4 Å². The van der Waals surface area contributed by atoms with Crippen LogP contribution < -0.4 is 10.2 Å². The van der Waals surface area contributed by atoms with Gasteiger partial charge in [-0.25, -0.2) is 4.90 Å². The second-order valence-electron chi connectivity index (χ2n) is 5.69. The molecule has 4 nitrogen and oxygen atoms in total. The van der Waals surface area contributed by atoms with Crippen molar-refractivity contribution >= 4 is 34.8 Å². The van der Waals surface area contributed by atoms with Crippen LogP contribution >= 0.6 is 11.6 Å². The first-order valence-electron chi connectivity index (χ1n) is 7.42. The Bertz CT molecular complexity index is 771. The highest BCUT2D eigenvalue weighted by Crippen LogP contribution is 2.29. The number of aryl methyl sites for hydroxylation is 1. The fourth-order valence-electron chi connectivity index (χ4n) is 2.72. The number of carbonyl (C=O) groups is 2. The van der Waals surface area contributed by atoms with E-state index in [2.05, 4.69) is 5.32 Å². The predicted octanol–water partition coefficient (Wildman–Crippen LogP) is 3.70. The summed E-state index contributed by atoms with van der Waals surface area (Å²) < 4.78 is 0. The van der Waals surface area contributed by atoms with Crippen molar-refractivity contribution in [2.75, 3.05) is 10.2 Å². The third-order valence-electron chi connectivity index (χ3n) is 4.15. The summed E-state index contributed by atoms with van der Waals surface area (Å²) in [7, 11) is 0. The van der Waals surface area contributed by atoms with Crippen LogP contribution in [0.25, 0.3) is 0 Å². The Kier molecular flexibility index (Phi) is 4.09. The molecule has 23 heavy (non-hydrogen) atoms. The number of carbonyl (C=O) groups excluding carboxylic acids is 2. The van der Waals surface area contributed by atoms with Crippen molar-refractivity contribution in [1.82, 2.24) is 0 Å². The Hall–Kier alpha value is -2.33. The van der Waals surface area contributed by atoms with Crippen LogP contribution in [0.2, 0.25) is 5.02 Å². The number of rotatable bonds is 3. The zero-order valence-corrected chi connectivity index (χ0v) is 13.7. The minimum absolute atomic E-state index is 0.148. The zero-order valence-electron chi connectivity index (χ0n) is 13.0. The van der Waals surface area contributed by atoms with Crippen molar-refractivity contribution in [3.8, 4) is 0 Å². The summed E-state index contributed by atoms with van der Waals surface area (Å²) in [6.07, 6.45) is 0.148. The smallest absolute Gasteiger partial charge is 0.256 e. The quantitative estimate of drug-likeness (QED) is 0.874. The van der Waals surface area contributed by atoms with E-state index in [1.807, 2.05) is 32.0 Å². The number of anilines is 2. The Labute approximate surface area is 140 Å². The molecule has 0 aromatic heterocycles. The van der Waals surface area contributed by atoms with E-state index < -0.39 is 6.04 Å². The molecular weight excluding hydrogens is 312 g/mol. The lowest BCUT2D eigenvalue weighted by Crippen LogP contribution is -2.35. The van der Waals surface area contributed by atoms with Crippen molar-refractivity contribution in [2.24, 2.45) is 0 Å². The fourth-order valence-corrected chi connectivity index (χ4v) is 2.85. The molecule has 1 saturated heterocycles. The van der Waals surface area contributed by atoms with Crippen LogP contribution in [-0.2, 0) is 9.59 Å². The van der Waals surface area contributed by atoms with Gasteiger partial charge in [0.15, 0.2) is 0 Å². The minimum atomic E-state index is -0.552. The monoisotopic (exact) mass is 328 g/mol. The van der Waals surface area contributed by atoms with Crippen LogP contribution in [0.5, 0.6) is 0 Å². The minimum Gasteiger partial charge on any atom is -0.373 e. The van der Waals surface area contributed by atoms with Gasteiger partial charge in [0.2, 0.25) is 5.91 Å². The molecule has 2 amide bonds. The van der Waals surface area contributed by atoms with E-state index in [0.29, 0.717) is 10.7 Å². The van der Waals surface area contributed by atoms with Gasteiger partial charge in [0, 0.05) is 10.7 Å². The lowest BCUT2D eigenvalue weighted by Gasteiger charge is -2.19. The highest BCUT2D eigenvalue weighted by molar-refractivity contribution is 6.30. The van der Waals surface area contributed by atoms with E-state index in [1.165, 1.54) is 4.90 Å². The predicted molar refractivity (Wildman–Crippen MR) is 91.9 cm³/mol. The van der Waals surface area contributed by atoms with Crippen molar-refractivity contribution in [3.05, 3.63) is 58.6 Å². The molecule has 1 aliphatic rings. The van der Waals surface area contributed by atoms with Crippen molar-refractivity contribution in [3.63, 3.8) is 0 Å². The third-order valence-corrected chi connectivity index (χ3v) is 4.40. The van der Waals surface area contributed by atoms with Gasteiger partial charge < -0.3 is 5.32 Å². The lowest BCUT2D eigenvalue weighted by atomic mass is 10.1. The maximum Gasteiger partial charge on any atom is 0.256 e. The van der Waals surface area contributed by atoms with Gasteiger partial charge in [-0.1, -0.05) is 23.7 Å². The molecule has 1 heterocycles. The number of amides is 2. The lowest BCUT2D eigenvalue weighted by molar-refractivity contribution is -0.121. The Morgan fingerprint density at radius 3 is 2.48 bits per heavy atom. The average molecular weight is 329 g/mol. The molecule has 1 fully saturated rings. The van der Waals surface area contributed by atoms with E-state index in [1.54, 1.807) is 24.3 Å². The second kappa shape index (κ2) is 6.05. The number of hydrogen-bond acceptors (Lipinski definition) is 3. The fraction of sp³-hybridized carbons (Fsp3) is 0.222. The molecule has 1 unspecified atom stereocenters. The van der Waals surface area contributed by atoms with E-state index >= 15 is 0 Å². The molecule has 0 aliphatic carbocycles. The Morgan fingerprint density at radius 1 is 1.09 bits per heavy atom. The maximum absolute atomic E-state index is 12.7. The van der Waals surface area contributed by atoms with Gasteiger partial charge >= 0.3 is 0 Å². The first kappa shape index (κ1) is 15.6. The van der Waals surface area contributed by atoms with Crippen LogP contribution in [0, 0.1) is 13.8 Å². The highest BCUT2D eigenvalue weighted by Gasteiger charge is 2.40. The maximum atomic E-state index is 12.7. The van der Waals surface area contributed by atoms with Gasteiger partial charge in [-0.15, -0.1) is 0 Å². The van der Waals surface area contributed by atoms with Crippen LogP contribution in [-0.4, -0.2) is 17.9 Å². The molecule has 5 heteroatoms. The summed E-state index contributed by atoms with van der Waals surface area (Å²) in [5, 5.41) is 3.74. The molecule has 0 spiro atoms. The first-order valence-corrected chi connectivity index (χ1v) is 7.80. The van der Waals surface area contributed by atoms with Crippen molar-refractivity contribution in [1.29, 1.82) is 0 Å². The van der Waals surface area contributed by atoms with Crippen LogP contribution in [0.1, 0.15) is 17.5 Å². The van der Waals surface area contributed by atoms with Crippen molar-refractivity contribution < 1.29 is 9.59 Å². The SMILES string of the molecule is Cc1cccc(N2C(=O)CC(Nc3ccc(Cl)cc3)C2=O)c1C. The second-order valence-corrected chi connectivity index (χ2v) is 6.13. The molecule has 1 atom stereocenters. The summed E-state index contributed by atoms with van der Waals surface area (Å²) in [6.45, 7) is 3.89. The van der Waals surface area contributed by atoms with Gasteiger partial charge in [0.1, 0.15) is 6.04 Å². The first-order chi connectivity index (χ1) is 11.0. The zero-order chi connectivity index (χ0) is 16.6. The van der Waals surface area contributed by atoms with Gasteiger partial charge in [0.05, 0.1) is 12.1 Å². The average Bonchev–Trinajstić information content (AvgIpc) is 2.79. The van der Waals surface area contributed by atoms with Crippen LogP contribution in [0.15, 0.2) is 42.5 Å². The molecule has 0 bridgehead atoms. The number of benzene rings is 2. The number of imide groups is 1. The van der Waals surface area contributed by atoms with Crippen LogP contribution in [0.3, 0.4) is 0 Å². The molecule has 0 saturated carbocycles. The molecule has 2 aromatic rings. The van der Waals surface area contributed by atoms with Gasteiger partial charge in [-0.05, 0) is 55.3 Å². The molecule has 0 radical (unpaired) electrons. The number of nitrogens with one attached hydrogen (secondary N) is 1. The van der Waals surface area contributed by atoms with Gasteiger partial charge in [0.25, 0.3) is 5.91 Å².